The lowest BCUT2D eigenvalue weighted by atomic mass is 9.99. The average Bonchev–Trinajstić information content (AvgIpc) is 2.86. The molecular weight excluding hydrogens is 224 g/mol. The molecule has 3 nitrogen and oxygen atoms in total. The SMILES string of the molecule is COCCC(N)CN1CCC(c2ccccc2)C1. The average molecular weight is 248 g/mol. The van der Waals surface area contributed by atoms with Crippen molar-refractivity contribution in [2.24, 2.45) is 5.73 Å². The fourth-order valence-electron chi connectivity index (χ4n) is 2.69. The third-order valence-electron chi connectivity index (χ3n) is 3.73. The molecule has 2 unspecified atom stereocenters. The second-order valence-corrected chi connectivity index (χ2v) is 5.20. The van der Waals surface area contributed by atoms with Crippen molar-refractivity contribution in [2.45, 2.75) is 24.8 Å². The Morgan fingerprint density at radius 2 is 2.17 bits per heavy atom. The number of hydrogen-bond acceptors (Lipinski definition) is 3. The summed E-state index contributed by atoms with van der Waals surface area (Å²) >= 11 is 0. The number of nitrogens with zero attached hydrogens (tertiary/aromatic N) is 1. The smallest absolute Gasteiger partial charge is 0.0477 e. The molecule has 0 radical (unpaired) electrons. The van der Waals surface area contributed by atoms with Crippen molar-refractivity contribution in [3.63, 3.8) is 0 Å². The van der Waals surface area contributed by atoms with Crippen LogP contribution in [0.2, 0.25) is 0 Å². The molecule has 1 aliphatic rings. The van der Waals surface area contributed by atoms with Gasteiger partial charge in [-0.1, -0.05) is 30.3 Å². The van der Waals surface area contributed by atoms with Crippen LogP contribution in [0.15, 0.2) is 30.3 Å². The van der Waals surface area contributed by atoms with E-state index in [-0.39, 0.29) is 6.04 Å². The lowest BCUT2D eigenvalue weighted by Gasteiger charge is -2.20. The molecule has 3 heteroatoms. The highest BCUT2D eigenvalue weighted by Crippen LogP contribution is 2.26. The Balaban J connectivity index is 1.78. The van der Waals surface area contributed by atoms with E-state index < -0.39 is 0 Å². The lowest BCUT2D eigenvalue weighted by molar-refractivity contribution is 0.179. The molecular formula is C15H24N2O. The predicted molar refractivity (Wildman–Crippen MR) is 74.7 cm³/mol. The fraction of sp³-hybridized carbons (Fsp3) is 0.600. The minimum Gasteiger partial charge on any atom is -0.385 e. The van der Waals surface area contributed by atoms with Crippen LogP contribution in [0.3, 0.4) is 0 Å². The van der Waals surface area contributed by atoms with Gasteiger partial charge in [-0.2, -0.15) is 0 Å². The Morgan fingerprint density at radius 1 is 1.39 bits per heavy atom. The topological polar surface area (TPSA) is 38.5 Å². The first-order valence-electron chi connectivity index (χ1n) is 6.81. The molecule has 0 saturated carbocycles. The van der Waals surface area contributed by atoms with E-state index in [1.54, 1.807) is 7.11 Å². The minimum atomic E-state index is 0.236. The van der Waals surface area contributed by atoms with Crippen LogP contribution in [-0.4, -0.2) is 44.3 Å². The van der Waals surface area contributed by atoms with E-state index in [1.807, 2.05) is 0 Å². The summed E-state index contributed by atoms with van der Waals surface area (Å²) in [5.41, 5.74) is 7.57. The highest BCUT2D eigenvalue weighted by Gasteiger charge is 2.24. The van der Waals surface area contributed by atoms with Crippen LogP contribution < -0.4 is 5.73 Å². The summed E-state index contributed by atoms with van der Waals surface area (Å²) < 4.78 is 5.07. The molecule has 0 amide bonds. The van der Waals surface area contributed by atoms with Gasteiger partial charge in [0.15, 0.2) is 0 Å². The molecule has 100 valence electrons. The highest BCUT2D eigenvalue weighted by molar-refractivity contribution is 5.21. The maximum absolute atomic E-state index is 6.10. The Labute approximate surface area is 110 Å². The molecule has 2 rings (SSSR count). The van der Waals surface area contributed by atoms with Crippen molar-refractivity contribution in [1.29, 1.82) is 0 Å². The second-order valence-electron chi connectivity index (χ2n) is 5.20. The van der Waals surface area contributed by atoms with E-state index in [1.165, 1.54) is 18.5 Å². The second kappa shape index (κ2) is 6.88. The first-order chi connectivity index (χ1) is 8.79. The molecule has 1 saturated heterocycles. The summed E-state index contributed by atoms with van der Waals surface area (Å²) in [5.74, 6) is 0.681. The number of benzene rings is 1. The maximum atomic E-state index is 6.10. The summed E-state index contributed by atoms with van der Waals surface area (Å²) in [6.45, 7) is 4.06. The molecule has 0 spiro atoms. The third-order valence-corrected chi connectivity index (χ3v) is 3.73. The Bertz CT molecular complexity index is 342. The number of rotatable bonds is 6. The largest absolute Gasteiger partial charge is 0.385 e. The lowest BCUT2D eigenvalue weighted by Crippen LogP contribution is -2.36. The van der Waals surface area contributed by atoms with Gasteiger partial charge in [0, 0.05) is 32.8 Å². The summed E-state index contributed by atoms with van der Waals surface area (Å²) in [7, 11) is 1.73. The number of nitrogens with two attached hydrogens (primary N) is 1. The van der Waals surface area contributed by atoms with Crippen molar-refractivity contribution in [1.82, 2.24) is 4.90 Å². The summed E-state index contributed by atoms with van der Waals surface area (Å²) in [6.07, 6.45) is 2.20. The number of likely N-dealkylation sites (tertiary alicyclic amines) is 1. The van der Waals surface area contributed by atoms with E-state index in [9.17, 15) is 0 Å². The maximum Gasteiger partial charge on any atom is 0.0477 e. The van der Waals surface area contributed by atoms with Crippen LogP contribution in [-0.2, 0) is 4.74 Å². The van der Waals surface area contributed by atoms with E-state index in [2.05, 4.69) is 35.2 Å². The minimum absolute atomic E-state index is 0.236. The molecule has 2 N–H and O–H groups in total. The molecule has 1 aromatic carbocycles. The molecule has 1 fully saturated rings. The van der Waals surface area contributed by atoms with Gasteiger partial charge in [-0.05, 0) is 30.9 Å². The molecule has 0 aromatic heterocycles. The highest BCUT2D eigenvalue weighted by atomic mass is 16.5. The zero-order valence-electron chi connectivity index (χ0n) is 11.2. The van der Waals surface area contributed by atoms with Gasteiger partial charge < -0.3 is 15.4 Å². The standard InChI is InChI=1S/C15H24N2O/c1-18-10-8-15(16)12-17-9-7-14(11-17)13-5-3-2-4-6-13/h2-6,14-15H,7-12,16H2,1H3. The van der Waals surface area contributed by atoms with E-state index >= 15 is 0 Å². The van der Waals surface area contributed by atoms with Gasteiger partial charge >= 0.3 is 0 Å². The van der Waals surface area contributed by atoms with Crippen LogP contribution in [0, 0.1) is 0 Å². The Hall–Kier alpha value is -0.900. The molecule has 2 atom stereocenters. The van der Waals surface area contributed by atoms with Crippen molar-refractivity contribution < 1.29 is 4.74 Å². The van der Waals surface area contributed by atoms with Gasteiger partial charge in [-0.25, -0.2) is 0 Å². The van der Waals surface area contributed by atoms with Crippen LogP contribution in [0.25, 0.3) is 0 Å². The Kier molecular flexibility index (Phi) is 5.17. The number of ether oxygens (including phenoxy) is 1. The summed E-state index contributed by atoms with van der Waals surface area (Å²) in [4.78, 5) is 2.48. The molecule has 0 bridgehead atoms. The normalized spacial score (nSPS) is 22.2. The molecule has 0 aliphatic carbocycles. The monoisotopic (exact) mass is 248 g/mol. The quantitative estimate of drug-likeness (QED) is 0.835. The van der Waals surface area contributed by atoms with Gasteiger partial charge in [0.1, 0.15) is 0 Å². The van der Waals surface area contributed by atoms with Gasteiger partial charge in [0.05, 0.1) is 0 Å². The summed E-state index contributed by atoms with van der Waals surface area (Å²) in [6, 6.07) is 11.0. The molecule has 1 heterocycles. The van der Waals surface area contributed by atoms with Crippen molar-refractivity contribution in [2.75, 3.05) is 33.4 Å². The van der Waals surface area contributed by atoms with E-state index in [0.29, 0.717) is 5.92 Å². The molecule has 1 aliphatic heterocycles. The van der Waals surface area contributed by atoms with E-state index in [0.717, 1.165) is 26.1 Å². The number of hydrogen-bond donors (Lipinski definition) is 1. The van der Waals surface area contributed by atoms with Gasteiger partial charge in [-0.3, -0.25) is 0 Å². The fourth-order valence-corrected chi connectivity index (χ4v) is 2.69. The van der Waals surface area contributed by atoms with Crippen LogP contribution in [0.1, 0.15) is 24.3 Å². The van der Waals surface area contributed by atoms with Crippen molar-refractivity contribution in [3.05, 3.63) is 35.9 Å². The van der Waals surface area contributed by atoms with Gasteiger partial charge in [0.2, 0.25) is 0 Å². The van der Waals surface area contributed by atoms with Gasteiger partial charge in [0.25, 0.3) is 0 Å². The van der Waals surface area contributed by atoms with Crippen LogP contribution in [0.4, 0.5) is 0 Å². The molecule has 1 aromatic rings. The van der Waals surface area contributed by atoms with E-state index in [4.69, 9.17) is 10.5 Å². The zero-order valence-corrected chi connectivity index (χ0v) is 11.2. The van der Waals surface area contributed by atoms with Crippen LogP contribution in [0.5, 0.6) is 0 Å². The zero-order chi connectivity index (χ0) is 12.8. The van der Waals surface area contributed by atoms with Crippen molar-refractivity contribution in [3.8, 4) is 0 Å². The first-order valence-corrected chi connectivity index (χ1v) is 6.81. The predicted octanol–water partition coefficient (Wildman–Crippen LogP) is 1.84. The van der Waals surface area contributed by atoms with Crippen LogP contribution >= 0.6 is 0 Å². The van der Waals surface area contributed by atoms with Crippen molar-refractivity contribution >= 4 is 0 Å². The summed E-state index contributed by atoms with van der Waals surface area (Å²) in [5, 5.41) is 0. The molecule has 18 heavy (non-hydrogen) atoms. The third kappa shape index (κ3) is 3.80. The number of methoxy groups -OCH3 is 1. The first kappa shape index (κ1) is 13.5. The Morgan fingerprint density at radius 3 is 2.89 bits per heavy atom. The van der Waals surface area contributed by atoms with Gasteiger partial charge in [-0.15, -0.1) is 0 Å².